The van der Waals surface area contributed by atoms with Crippen LogP contribution in [0.4, 0.5) is 23.2 Å². The van der Waals surface area contributed by atoms with E-state index >= 15 is 4.39 Å². The largest absolute Gasteiger partial charge is 0.496 e. The number of fused-ring (bicyclic) bond motifs is 1. The van der Waals surface area contributed by atoms with E-state index < -0.39 is 48.1 Å². The van der Waals surface area contributed by atoms with Crippen molar-refractivity contribution in [3.8, 4) is 22.6 Å². The van der Waals surface area contributed by atoms with Gasteiger partial charge in [0, 0.05) is 43.0 Å². The summed E-state index contributed by atoms with van der Waals surface area (Å²) in [7, 11) is 3.10. The molecule has 0 aliphatic carbocycles. The number of carboxylic acids is 1. The number of pyridine rings is 1. The summed E-state index contributed by atoms with van der Waals surface area (Å²) in [5, 5.41) is 12.4. The number of hydrogen-bond donors (Lipinski definition) is 2. The lowest BCUT2D eigenvalue weighted by molar-refractivity contribution is -0.167. The molecule has 0 saturated carbocycles. The summed E-state index contributed by atoms with van der Waals surface area (Å²) >= 11 is 0. The van der Waals surface area contributed by atoms with Crippen LogP contribution >= 0.6 is 0 Å². The fraction of sp³-hybridized carbons (Fsp3) is 0.424. The minimum atomic E-state index is -4.63. The van der Waals surface area contributed by atoms with Crippen LogP contribution < -0.4 is 25.2 Å². The highest BCUT2D eigenvalue weighted by Gasteiger charge is 2.45. The molecule has 1 amide bonds. The van der Waals surface area contributed by atoms with E-state index in [2.05, 4.69) is 5.32 Å². The van der Waals surface area contributed by atoms with Gasteiger partial charge in [0.25, 0.3) is 11.5 Å². The molecule has 0 spiro atoms. The fourth-order valence-electron chi connectivity index (χ4n) is 6.13. The molecular formula is C33H35F4N3O7. The number of benzene rings is 2. The first-order chi connectivity index (χ1) is 22.2. The summed E-state index contributed by atoms with van der Waals surface area (Å²) < 4.78 is 74.2. The monoisotopic (exact) mass is 661 g/mol. The molecule has 1 saturated heterocycles. The Morgan fingerprint density at radius 3 is 2.57 bits per heavy atom. The molecule has 0 bridgehead atoms. The second kappa shape index (κ2) is 13.3. The van der Waals surface area contributed by atoms with Crippen LogP contribution in [-0.4, -0.2) is 73.3 Å². The zero-order chi connectivity index (χ0) is 34.2. The van der Waals surface area contributed by atoms with Crippen molar-refractivity contribution < 1.29 is 46.5 Å². The number of nitrogens with zero attached hydrogens (tertiary/aromatic N) is 2. The van der Waals surface area contributed by atoms with Crippen molar-refractivity contribution in [3.05, 3.63) is 74.5 Å². The highest BCUT2D eigenvalue weighted by Crippen LogP contribution is 2.41. The van der Waals surface area contributed by atoms with E-state index in [1.807, 2.05) is 0 Å². The minimum absolute atomic E-state index is 0.0146. The maximum Gasteiger partial charge on any atom is 0.411 e. The lowest BCUT2D eigenvalue weighted by Crippen LogP contribution is -2.53. The number of hydrogen-bond acceptors (Lipinski definition) is 7. The van der Waals surface area contributed by atoms with Gasteiger partial charge in [0.1, 0.15) is 29.4 Å². The van der Waals surface area contributed by atoms with Crippen molar-refractivity contribution in [2.45, 2.75) is 51.4 Å². The van der Waals surface area contributed by atoms with E-state index in [1.165, 1.54) is 24.7 Å². The van der Waals surface area contributed by atoms with Gasteiger partial charge in [-0.3, -0.25) is 9.59 Å². The quantitative estimate of drug-likeness (QED) is 0.343. The third kappa shape index (κ3) is 6.64. The molecule has 47 heavy (non-hydrogen) atoms. The topological polar surface area (TPSA) is 119 Å². The molecule has 3 aromatic rings. The maximum absolute atomic E-state index is 15.4. The average Bonchev–Trinajstić information content (AvgIpc) is 3.02. The van der Waals surface area contributed by atoms with E-state index in [-0.39, 0.29) is 36.4 Å². The summed E-state index contributed by atoms with van der Waals surface area (Å²) in [6, 6.07) is 3.70. The predicted molar refractivity (Wildman–Crippen MR) is 164 cm³/mol. The maximum atomic E-state index is 15.4. The number of amides is 1. The standard InChI is InChI=1S/C33H35F4N3O7/c1-17-12-20(40-9-11-46-16-26(40)33(35,36)37)15-23(34)27(17)30(41)38-24(32(43)44)14-19-7-8-22(29-21(19)6-5-10-47-29)28-25(45-4)13-18(2)39(3)31(28)42/h7-8,12-13,15,24,26H,5-6,9-11,14,16H2,1-4H3,(H,38,41)(H,43,44)/t24-,26+/m0/s1. The van der Waals surface area contributed by atoms with Gasteiger partial charge < -0.3 is 34.1 Å². The Labute approximate surface area is 267 Å². The number of rotatable bonds is 8. The first-order valence-corrected chi connectivity index (χ1v) is 15.0. The van der Waals surface area contributed by atoms with Crippen LogP contribution in [-0.2, 0) is 29.4 Å². The highest BCUT2D eigenvalue weighted by molar-refractivity contribution is 5.98. The van der Waals surface area contributed by atoms with Crippen molar-refractivity contribution in [3.63, 3.8) is 0 Å². The molecule has 2 aliphatic heterocycles. The summed E-state index contributed by atoms with van der Waals surface area (Å²) in [6.45, 7) is 2.79. The zero-order valence-corrected chi connectivity index (χ0v) is 26.3. The Balaban J connectivity index is 1.44. The van der Waals surface area contributed by atoms with Crippen LogP contribution in [0.5, 0.6) is 11.5 Å². The molecule has 252 valence electrons. The third-order valence-electron chi connectivity index (χ3n) is 8.66. The minimum Gasteiger partial charge on any atom is -0.496 e. The zero-order valence-electron chi connectivity index (χ0n) is 26.3. The molecule has 0 radical (unpaired) electrons. The molecule has 0 unspecified atom stereocenters. The van der Waals surface area contributed by atoms with Crippen molar-refractivity contribution in [1.29, 1.82) is 0 Å². The third-order valence-corrected chi connectivity index (χ3v) is 8.66. The van der Waals surface area contributed by atoms with Crippen molar-refractivity contribution >= 4 is 17.6 Å². The van der Waals surface area contributed by atoms with Gasteiger partial charge in [-0.05, 0) is 55.5 Å². The first-order valence-electron chi connectivity index (χ1n) is 15.0. The molecular weight excluding hydrogens is 626 g/mol. The van der Waals surface area contributed by atoms with Gasteiger partial charge in [-0.15, -0.1) is 0 Å². The predicted octanol–water partition coefficient (Wildman–Crippen LogP) is 4.34. The lowest BCUT2D eigenvalue weighted by atomic mass is 9.90. The molecule has 2 N–H and O–H groups in total. The van der Waals surface area contributed by atoms with Crippen molar-refractivity contribution in [2.24, 2.45) is 7.05 Å². The number of carbonyl (C=O) groups is 2. The van der Waals surface area contributed by atoms with Crippen LogP contribution in [0.3, 0.4) is 0 Å². The van der Waals surface area contributed by atoms with Crippen LogP contribution in [0.1, 0.15) is 39.2 Å². The Kier molecular flexibility index (Phi) is 9.53. The van der Waals surface area contributed by atoms with Crippen LogP contribution in [0.15, 0.2) is 35.1 Å². The van der Waals surface area contributed by atoms with Crippen molar-refractivity contribution in [2.75, 3.05) is 38.4 Å². The number of halogens is 4. The number of aryl methyl sites for hydroxylation is 2. The van der Waals surface area contributed by atoms with Crippen molar-refractivity contribution in [1.82, 2.24) is 9.88 Å². The van der Waals surface area contributed by atoms with Gasteiger partial charge in [-0.1, -0.05) is 12.1 Å². The molecule has 14 heteroatoms. The first kappa shape index (κ1) is 33.8. The SMILES string of the molecule is COc1cc(C)n(C)c(=O)c1-c1ccc(C[C@H](NC(=O)c2c(C)cc(N3CCOC[C@@H]3C(F)(F)F)cc2F)C(=O)O)c2c1OCCC2. The van der Waals surface area contributed by atoms with Gasteiger partial charge in [-0.2, -0.15) is 13.2 Å². The highest BCUT2D eigenvalue weighted by atomic mass is 19.4. The second-order valence-electron chi connectivity index (χ2n) is 11.6. The summed E-state index contributed by atoms with van der Waals surface area (Å²) in [4.78, 5) is 39.9. The molecule has 3 heterocycles. The Morgan fingerprint density at radius 1 is 1.17 bits per heavy atom. The number of nitrogens with one attached hydrogen (secondary N) is 1. The van der Waals surface area contributed by atoms with E-state index in [1.54, 1.807) is 32.2 Å². The molecule has 10 nitrogen and oxygen atoms in total. The number of morpholine rings is 1. The number of carbonyl (C=O) groups excluding carboxylic acids is 1. The van der Waals surface area contributed by atoms with Gasteiger partial charge >= 0.3 is 12.1 Å². The van der Waals surface area contributed by atoms with Crippen LogP contribution in [0, 0.1) is 19.7 Å². The molecule has 2 aliphatic rings. The molecule has 1 fully saturated rings. The Hall–Kier alpha value is -4.59. The van der Waals surface area contributed by atoms with Gasteiger partial charge in [0.2, 0.25) is 0 Å². The number of methoxy groups -OCH3 is 1. The second-order valence-corrected chi connectivity index (χ2v) is 11.6. The normalized spacial score (nSPS) is 17.0. The summed E-state index contributed by atoms with van der Waals surface area (Å²) in [5.41, 5.74) is 1.90. The lowest BCUT2D eigenvalue weighted by Gasteiger charge is -2.38. The van der Waals surface area contributed by atoms with E-state index in [4.69, 9.17) is 14.2 Å². The van der Waals surface area contributed by atoms with E-state index in [9.17, 15) is 32.7 Å². The Bertz CT molecular complexity index is 1750. The number of anilines is 1. The number of carboxylic acid groups (broad SMARTS) is 1. The molecule has 5 rings (SSSR count). The smallest absolute Gasteiger partial charge is 0.411 e. The molecule has 2 atom stereocenters. The Morgan fingerprint density at radius 2 is 1.91 bits per heavy atom. The fourth-order valence-corrected chi connectivity index (χ4v) is 6.13. The summed E-state index contributed by atoms with van der Waals surface area (Å²) in [5.74, 6) is -2.71. The number of alkyl halides is 3. The van der Waals surface area contributed by atoms with Gasteiger partial charge in [0.15, 0.2) is 0 Å². The van der Waals surface area contributed by atoms with Gasteiger partial charge in [-0.25, -0.2) is 9.18 Å². The van der Waals surface area contributed by atoms with Crippen LogP contribution in [0.2, 0.25) is 0 Å². The van der Waals surface area contributed by atoms with E-state index in [0.29, 0.717) is 58.9 Å². The number of aromatic nitrogens is 1. The molecule has 1 aromatic heterocycles. The average molecular weight is 662 g/mol. The van der Waals surface area contributed by atoms with Gasteiger partial charge in [0.05, 0.1) is 38.1 Å². The van der Waals surface area contributed by atoms with Crippen LogP contribution in [0.25, 0.3) is 11.1 Å². The van der Waals surface area contributed by atoms with E-state index in [0.717, 1.165) is 11.0 Å². The summed E-state index contributed by atoms with van der Waals surface area (Å²) in [6.07, 6.45) is -3.66. The number of aliphatic carboxylic acids is 1. The number of ether oxygens (including phenoxy) is 3. The molecule has 2 aromatic carbocycles.